The summed E-state index contributed by atoms with van der Waals surface area (Å²) in [6, 6.07) is 51.4. The molecule has 14 aliphatic carbocycles. The molecule has 13 aromatic rings. The smallest absolute Gasteiger partial charge is 0.309 e. The summed E-state index contributed by atoms with van der Waals surface area (Å²) in [5, 5.41) is 18.9. The number of fused-ring (bicyclic) bond motifs is 12. The van der Waals surface area contributed by atoms with Gasteiger partial charge in [-0.3, -0.25) is 0 Å². The predicted molar refractivity (Wildman–Crippen MR) is 346 cm³/mol. The van der Waals surface area contributed by atoms with Gasteiger partial charge in [0.05, 0.1) is 45.8 Å². The number of halogens is 3. The van der Waals surface area contributed by atoms with E-state index in [1.54, 1.807) is 0 Å². The summed E-state index contributed by atoms with van der Waals surface area (Å²) in [6.07, 6.45) is 9.65. The lowest BCUT2D eigenvalue weighted by atomic mass is 9.48. The third kappa shape index (κ3) is 5.44. The first-order valence-electron chi connectivity index (χ1n) is 33.3. The number of alkyl halides is 3. The van der Waals surface area contributed by atoms with Crippen LogP contribution >= 0.6 is 0 Å². The summed E-state index contributed by atoms with van der Waals surface area (Å²) >= 11 is 0. The van der Waals surface area contributed by atoms with Crippen molar-refractivity contribution in [1.82, 2.24) is 8.80 Å². The van der Waals surface area contributed by atoms with E-state index in [-0.39, 0.29) is 45.5 Å². The zero-order valence-corrected chi connectivity index (χ0v) is 49.4. The van der Waals surface area contributed by atoms with E-state index in [9.17, 15) is 5.26 Å². The Labute approximate surface area is 512 Å². The van der Waals surface area contributed by atoms with E-state index in [2.05, 4.69) is 139 Å². The van der Waals surface area contributed by atoms with Crippen molar-refractivity contribution in [3.63, 3.8) is 0 Å². The molecule has 4 aromatic heterocycles. The van der Waals surface area contributed by atoms with Gasteiger partial charge < -0.3 is 8.80 Å². The minimum absolute atomic E-state index is 0.0590. The van der Waals surface area contributed by atoms with Crippen molar-refractivity contribution in [3.05, 3.63) is 239 Å². The second-order valence-electron chi connectivity index (χ2n) is 30.6. The van der Waals surface area contributed by atoms with Gasteiger partial charge in [-0.25, -0.2) is 4.85 Å². The number of aryl methyl sites for hydroxylation is 1. The van der Waals surface area contributed by atoms with Crippen molar-refractivity contribution in [1.29, 1.82) is 5.26 Å². The Balaban J connectivity index is 0.926. The van der Waals surface area contributed by atoms with E-state index in [4.69, 9.17) is 6.57 Å². The van der Waals surface area contributed by atoms with Gasteiger partial charge in [-0.2, -0.15) is 18.4 Å². The fourth-order valence-corrected chi connectivity index (χ4v) is 24.7. The SMILES string of the molecule is [C-]#[N+]c1cc2c(c3c1C1c4ccccc4C3c3ccccc31)c1cc(C34CC5CC(CC(C5)C3)C4)cc3c4c(C)c5c6cc(C78CC9CC(CC(C9)C7)C8)cc7c8c9c(c(C#N)cc8n(c5c(C(F)(F)F)c4n2c13)c76)C1c2ccccc2C9c2ccccc21. The molecule has 4 nitrogen and oxygen atoms in total. The number of benzene rings is 9. The molecule has 0 saturated heterocycles. The maximum Gasteiger partial charge on any atom is 0.420 e. The number of rotatable bonds is 2. The first-order chi connectivity index (χ1) is 43.5. The van der Waals surface area contributed by atoms with Crippen LogP contribution in [0.15, 0.2) is 133 Å². The van der Waals surface area contributed by atoms with Crippen LogP contribution in [0.5, 0.6) is 0 Å². The van der Waals surface area contributed by atoms with Crippen LogP contribution in [0, 0.1) is 60.3 Å². The molecule has 4 heterocycles. The summed E-state index contributed by atoms with van der Waals surface area (Å²) in [6.45, 7) is 11.3. The second kappa shape index (κ2) is 15.5. The van der Waals surface area contributed by atoms with E-state index in [1.165, 1.54) is 94.2 Å². The van der Waals surface area contributed by atoms with Gasteiger partial charge in [-0.05, 0) is 250 Å². The Morgan fingerprint density at radius 1 is 0.449 bits per heavy atom. The quantitative estimate of drug-likeness (QED) is 0.159. The summed E-state index contributed by atoms with van der Waals surface area (Å²) in [5.41, 5.74) is 21.2. The molecule has 14 aliphatic rings. The maximum atomic E-state index is 18.2. The molecule has 0 aliphatic heterocycles. The third-order valence-corrected chi connectivity index (χ3v) is 26.6. The Morgan fingerprint density at radius 3 is 1.12 bits per heavy atom. The van der Waals surface area contributed by atoms with Gasteiger partial charge in [0, 0.05) is 72.3 Å². The minimum atomic E-state index is -4.85. The molecule has 0 unspecified atom stereocenters. The average molecular weight is 1160 g/mol. The van der Waals surface area contributed by atoms with E-state index >= 15 is 13.2 Å². The topological polar surface area (TPSA) is 37.0 Å². The molecule has 27 rings (SSSR count). The number of hydrogen-bond acceptors (Lipinski definition) is 1. The van der Waals surface area contributed by atoms with Gasteiger partial charge in [0.25, 0.3) is 0 Å². The predicted octanol–water partition coefficient (Wildman–Crippen LogP) is 20.6. The molecular formula is C82H59F3N4. The Bertz CT molecular complexity index is 5150. The fourth-order valence-electron chi connectivity index (χ4n) is 24.7. The molecule has 7 heteroatoms. The molecule has 12 bridgehead atoms. The zero-order chi connectivity index (χ0) is 58.4. The van der Waals surface area contributed by atoms with Gasteiger partial charge in [0.1, 0.15) is 5.56 Å². The Hall–Kier alpha value is -8.65. The zero-order valence-electron chi connectivity index (χ0n) is 49.4. The van der Waals surface area contributed by atoms with Gasteiger partial charge in [0.15, 0.2) is 5.69 Å². The molecule has 0 atom stereocenters. The maximum absolute atomic E-state index is 18.2. The highest BCUT2D eigenvalue weighted by Gasteiger charge is 2.55. The van der Waals surface area contributed by atoms with E-state index in [0.29, 0.717) is 68.6 Å². The Kier molecular flexibility index (Phi) is 8.40. The first-order valence-corrected chi connectivity index (χ1v) is 33.3. The molecule has 0 amide bonds. The monoisotopic (exact) mass is 1160 g/mol. The lowest BCUT2D eigenvalue weighted by Crippen LogP contribution is -2.48. The highest BCUT2D eigenvalue weighted by atomic mass is 19.4. The van der Waals surface area contributed by atoms with Gasteiger partial charge in [-0.15, -0.1) is 0 Å². The van der Waals surface area contributed by atoms with Crippen LogP contribution in [0.25, 0.3) is 81.0 Å². The van der Waals surface area contributed by atoms with Crippen LogP contribution in [0.4, 0.5) is 18.9 Å². The van der Waals surface area contributed by atoms with Crippen LogP contribution in [0.3, 0.4) is 0 Å². The largest absolute Gasteiger partial charge is 0.420 e. The molecule has 0 spiro atoms. The van der Waals surface area contributed by atoms with Gasteiger partial charge in [0.2, 0.25) is 0 Å². The molecule has 8 fully saturated rings. The third-order valence-electron chi connectivity index (χ3n) is 26.6. The van der Waals surface area contributed by atoms with E-state index in [1.807, 2.05) is 20.9 Å². The molecule has 0 radical (unpaired) electrons. The first kappa shape index (κ1) is 48.3. The van der Waals surface area contributed by atoms with Crippen molar-refractivity contribution in [2.75, 3.05) is 0 Å². The highest BCUT2D eigenvalue weighted by Crippen LogP contribution is 2.68. The summed E-state index contributed by atoms with van der Waals surface area (Å²) < 4.78 is 58.8. The standard InChI is InChI=1S/C82H59F3N4/c1-38-63-56-26-46(80-31-39-19-40(32-80)21-41(20-39)33-80)28-58-70-61(25-45(37-86)65-66-48-11-3-7-15-52(48)68(73(65)70)53-16-8-4-12-49(53)66)88(76(56)58)78(63)75(82(83,84)85)79-64(38)57-27-47(81-34-42-22-43(35-81)24-44(23-42)36-81)29-59-71-62(89(79)77(57)59)30-60(87-2)72-67-50-13-5-9-17-54(50)69(74(71)72)55-18-10-6-14-51(55)67/h3-18,25-30,39-44,66-69H,19-24,31-36H2,1H3. The van der Waals surface area contributed by atoms with Crippen molar-refractivity contribution < 1.29 is 13.2 Å². The van der Waals surface area contributed by atoms with E-state index < -0.39 is 11.7 Å². The number of aromatic nitrogens is 2. The van der Waals surface area contributed by atoms with E-state index in [0.717, 1.165) is 110 Å². The molecule has 9 aromatic carbocycles. The normalized spacial score (nSPS) is 29.3. The van der Waals surface area contributed by atoms with Crippen LogP contribution in [0.1, 0.15) is 195 Å². The van der Waals surface area contributed by atoms with Crippen molar-refractivity contribution in [2.24, 2.45) is 35.5 Å². The van der Waals surface area contributed by atoms with Crippen LogP contribution in [0.2, 0.25) is 0 Å². The average Bonchev–Trinajstić information content (AvgIpc) is 1.54. The number of hydrogen-bond donors (Lipinski definition) is 0. The van der Waals surface area contributed by atoms with Gasteiger partial charge >= 0.3 is 6.18 Å². The molecule has 8 saturated carbocycles. The van der Waals surface area contributed by atoms with Crippen molar-refractivity contribution in [3.8, 4) is 6.07 Å². The molecule has 428 valence electrons. The molecular weight excluding hydrogens is 1100 g/mol. The summed E-state index contributed by atoms with van der Waals surface area (Å²) in [7, 11) is 0. The number of nitriles is 1. The molecule has 89 heavy (non-hydrogen) atoms. The lowest BCUT2D eigenvalue weighted by molar-refractivity contribution is -0.135. The second-order valence-corrected chi connectivity index (χ2v) is 30.6. The molecule has 0 N–H and O–H groups in total. The van der Waals surface area contributed by atoms with Gasteiger partial charge in [-0.1, -0.05) is 97.1 Å². The highest BCUT2D eigenvalue weighted by molar-refractivity contribution is 6.33. The summed E-state index contributed by atoms with van der Waals surface area (Å²) in [5.74, 6) is 3.21. The number of nitrogens with zero attached hydrogens (tertiary/aromatic N) is 4. The minimum Gasteiger partial charge on any atom is -0.309 e. The summed E-state index contributed by atoms with van der Waals surface area (Å²) in [4.78, 5) is 4.44. The Morgan fingerprint density at radius 2 is 0.775 bits per heavy atom. The van der Waals surface area contributed by atoms with Crippen LogP contribution < -0.4 is 0 Å². The fraction of sp³-hybridized carbons (Fsp3) is 0.317. The van der Waals surface area contributed by atoms with Crippen LogP contribution in [-0.4, -0.2) is 8.80 Å². The van der Waals surface area contributed by atoms with Crippen LogP contribution in [-0.2, 0) is 17.0 Å². The van der Waals surface area contributed by atoms with Crippen molar-refractivity contribution in [2.45, 2.75) is 125 Å². The van der Waals surface area contributed by atoms with Crippen molar-refractivity contribution >= 4 is 81.9 Å². The lowest BCUT2D eigenvalue weighted by Gasteiger charge is -2.57.